The highest BCUT2D eigenvalue weighted by Crippen LogP contribution is 2.77. The number of halogens is 2. The molecule has 1 saturated heterocycles. The van der Waals surface area contributed by atoms with Crippen molar-refractivity contribution < 1.29 is 50.7 Å². The van der Waals surface area contributed by atoms with Crippen LogP contribution >= 0.6 is 22.7 Å². The molecule has 0 bridgehead atoms. The van der Waals surface area contributed by atoms with Crippen molar-refractivity contribution in [1.82, 2.24) is 9.55 Å². The number of H-pyrrole nitrogens is 1. The number of azide groups is 1. The topological polar surface area (TPSA) is 243 Å². The highest BCUT2D eigenvalue weighted by atomic mass is 31.3. The van der Waals surface area contributed by atoms with Gasteiger partial charge in [-0.3, -0.25) is 28.0 Å². The van der Waals surface area contributed by atoms with E-state index in [0.29, 0.717) is 0 Å². The number of hydrogen-bond acceptors (Lipinski definition) is 9. The molecule has 0 saturated carbocycles. The molecule has 0 aliphatic carbocycles. The Bertz CT molecular complexity index is 1230. The molecule has 3 unspecified atom stereocenters. The van der Waals surface area contributed by atoms with Crippen LogP contribution in [-0.2, 0) is 27.3 Å². The lowest BCUT2D eigenvalue weighted by atomic mass is 10.1. The number of hydrogen-bond donors (Lipinski definition) is 4. The molecule has 2 radical (unpaired) electrons. The number of rotatable bonds is 9. The van der Waals surface area contributed by atoms with Crippen molar-refractivity contribution in [2.24, 2.45) is 5.11 Å². The van der Waals surface area contributed by atoms with Crippen LogP contribution in [0.5, 0.6) is 0 Å². The van der Waals surface area contributed by atoms with Crippen molar-refractivity contribution >= 4 is 30.2 Å². The SMILES string of the molecule is [B]P(=O)(OC[C@H]1O[C@@H](n2cc(C)c(=O)[nH]c2=O)CC1N=[N+]=[N-])OP(=O)(O)C(F)(F)P(=O)(O)O. The third kappa shape index (κ3) is 6.08. The Morgan fingerprint density at radius 2 is 2.00 bits per heavy atom. The first-order chi connectivity index (χ1) is 14.9. The summed E-state index contributed by atoms with van der Waals surface area (Å²) < 4.78 is 76.0. The highest BCUT2D eigenvalue weighted by Gasteiger charge is 2.66. The second-order valence-corrected chi connectivity index (χ2v) is 12.2. The molecular weight excluding hydrogens is 520 g/mol. The molecule has 182 valence electrons. The zero-order valence-corrected chi connectivity index (χ0v) is 19.0. The third-order valence-corrected chi connectivity index (χ3v) is 9.42. The number of aromatic nitrogens is 2. The number of ether oxygens (including phenoxy) is 1. The minimum absolute atomic E-state index is 0.128. The summed E-state index contributed by atoms with van der Waals surface area (Å²) in [7, 11) is -13.5. The molecule has 2 heterocycles. The van der Waals surface area contributed by atoms with Gasteiger partial charge in [0.25, 0.3) is 13.0 Å². The lowest BCUT2D eigenvalue weighted by Gasteiger charge is -2.26. The largest absolute Gasteiger partial charge is 0.444 e. The van der Waals surface area contributed by atoms with Crippen LogP contribution in [0.3, 0.4) is 0 Å². The maximum atomic E-state index is 13.5. The lowest BCUT2D eigenvalue weighted by Crippen LogP contribution is -2.33. The van der Waals surface area contributed by atoms with Crippen LogP contribution in [0.25, 0.3) is 10.4 Å². The van der Waals surface area contributed by atoms with Crippen molar-refractivity contribution in [2.45, 2.75) is 37.1 Å². The monoisotopic (exact) mass is 535 g/mol. The molecular formula is C11H15BF2N5O11P3. The number of nitrogens with one attached hydrogen (secondary N) is 1. The molecule has 4 N–H and O–H groups in total. The Hall–Kier alpha value is -1.64. The zero-order chi connectivity index (χ0) is 25.4. The average molecular weight is 535 g/mol. The first-order valence-corrected chi connectivity index (χ1v) is 13.2. The van der Waals surface area contributed by atoms with Crippen molar-refractivity contribution in [1.29, 1.82) is 0 Å². The fraction of sp³-hybridized carbons (Fsp3) is 0.636. The van der Waals surface area contributed by atoms with E-state index in [0.717, 1.165) is 10.8 Å². The summed E-state index contributed by atoms with van der Waals surface area (Å²) in [6.45, 7) is 0.435. The Kier molecular flexibility index (Phi) is 7.99. The maximum absolute atomic E-state index is 13.5. The Balaban J connectivity index is 2.19. The standard InChI is InChI=1S/C11H15BF2N5O11P3/c1-5-3-19(10(21)16-9(5)20)8-2-6(17-18-15)7(29-8)4-28-33(12,27)30-32(25,26)11(13,14)31(22,23)24/h3,6-8H,2,4H2,1H3,(H,25,26)(H,16,20,21)(H2,22,23,24)/t6?,7-,8-,33?/m1/s1. The van der Waals surface area contributed by atoms with E-state index in [2.05, 4.69) is 18.9 Å². The van der Waals surface area contributed by atoms with Gasteiger partial charge in [-0.1, -0.05) is 5.11 Å². The van der Waals surface area contributed by atoms with Gasteiger partial charge in [0, 0.05) is 23.1 Å². The van der Waals surface area contributed by atoms with Crippen LogP contribution in [0.4, 0.5) is 8.78 Å². The predicted octanol–water partition coefficient (Wildman–Crippen LogP) is 1.03. The highest BCUT2D eigenvalue weighted by molar-refractivity contribution is 7.86. The molecule has 2 rings (SSSR count). The Labute approximate surface area is 183 Å². The molecule has 16 nitrogen and oxygen atoms in total. The number of alkyl halides is 2. The summed E-state index contributed by atoms with van der Waals surface area (Å²) in [6, 6.07) is -1.11. The van der Waals surface area contributed by atoms with Crippen molar-refractivity contribution in [2.75, 3.05) is 6.61 Å². The first kappa shape index (κ1) is 27.6. The van der Waals surface area contributed by atoms with Gasteiger partial charge in [0.15, 0.2) is 0 Å². The molecule has 1 aliphatic rings. The van der Waals surface area contributed by atoms with E-state index in [9.17, 15) is 37.0 Å². The minimum Gasteiger partial charge on any atom is -0.352 e. The second-order valence-electron chi connectivity index (χ2n) is 6.61. The van der Waals surface area contributed by atoms with Gasteiger partial charge in [-0.2, -0.15) is 8.78 Å². The van der Waals surface area contributed by atoms with Gasteiger partial charge in [-0.25, -0.2) is 9.11 Å². The fourth-order valence-electron chi connectivity index (χ4n) is 2.59. The van der Waals surface area contributed by atoms with E-state index in [1.165, 1.54) is 6.92 Å². The normalized spacial score (nSPS) is 25.1. The summed E-state index contributed by atoms with van der Waals surface area (Å²) in [5.41, 5.74) is 7.28. The van der Waals surface area contributed by atoms with Crippen LogP contribution in [0, 0.1) is 6.92 Å². The van der Waals surface area contributed by atoms with Gasteiger partial charge >= 0.3 is 26.3 Å². The molecule has 22 heteroatoms. The Morgan fingerprint density at radius 1 is 1.39 bits per heavy atom. The van der Waals surface area contributed by atoms with Crippen LogP contribution in [0.15, 0.2) is 20.9 Å². The van der Waals surface area contributed by atoms with Crippen molar-refractivity contribution in [3.63, 3.8) is 0 Å². The predicted molar refractivity (Wildman–Crippen MR) is 105 cm³/mol. The van der Waals surface area contributed by atoms with E-state index < -0.39 is 64.3 Å². The van der Waals surface area contributed by atoms with Gasteiger partial charge in [-0.15, -0.1) is 0 Å². The van der Waals surface area contributed by atoms with E-state index in [1.54, 1.807) is 0 Å². The van der Waals surface area contributed by atoms with Crippen LogP contribution in [0.1, 0.15) is 18.2 Å². The molecule has 1 aromatic rings. The van der Waals surface area contributed by atoms with E-state index in [-0.39, 0.29) is 12.0 Å². The van der Waals surface area contributed by atoms with Crippen LogP contribution < -0.4 is 11.2 Å². The number of aryl methyl sites for hydroxylation is 1. The smallest absolute Gasteiger partial charge is 0.352 e. The van der Waals surface area contributed by atoms with E-state index in [4.69, 9.17) is 27.6 Å². The molecule has 1 aliphatic heterocycles. The molecule has 0 spiro atoms. The molecule has 1 aromatic heterocycles. The molecule has 0 aromatic carbocycles. The lowest BCUT2D eigenvalue weighted by molar-refractivity contribution is -0.0232. The molecule has 5 atom stereocenters. The molecule has 0 amide bonds. The zero-order valence-electron chi connectivity index (χ0n) is 16.3. The third-order valence-electron chi connectivity index (χ3n) is 4.19. The van der Waals surface area contributed by atoms with Gasteiger partial charge < -0.3 is 23.9 Å². The summed E-state index contributed by atoms with van der Waals surface area (Å²) in [6.07, 6.45) is -1.51. The summed E-state index contributed by atoms with van der Waals surface area (Å²) in [5, 5.41) is -2.26. The van der Waals surface area contributed by atoms with Crippen LogP contribution in [0.2, 0.25) is 0 Å². The van der Waals surface area contributed by atoms with E-state index in [1.807, 2.05) is 4.98 Å². The van der Waals surface area contributed by atoms with Crippen LogP contribution in [-0.4, -0.2) is 56.0 Å². The minimum atomic E-state index is -6.62. The summed E-state index contributed by atoms with van der Waals surface area (Å²) in [4.78, 5) is 54.3. The van der Waals surface area contributed by atoms with Crippen molar-refractivity contribution in [3.05, 3.63) is 43.0 Å². The van der Waals surface area contributed by atoms with Crippen molar-refractivity contribution in [3.8, 4) is 0 Å². The Morgan fingerprint density at radius 3 is 2.55 bits per heavy atom. The van der Waals surface area contributed by atoms with Gasteiger partial charge in [-0.05, 0) is 12.5 Å². The van der Waals surface area contributed by atoms with E-state index >= 15 is 0 Å². The van der Waals surface area contributed by atoms with Gasteiger partial charge in [0.2, 0.25) is 7.57 Å². The summed E-state index contributed by atoms with van der Waals surface area (Å²) >= 11 is 0. The van der Waals surface area contributed by atoms with Gasteiger partial charge in [0.1, 0.15) is 6.23 Å². The second kappa shape index (κ2) is 9.55. The fourth-order valence-corrected chi connectivity index (χ4v) is 6.41. The maximum Gasteiger partial charge on any atom is 0.444 e. The average Bonchev–Trinajstić information content (AvgIpc) is 3.04. The summed E-state index contributed by atoms with van der Waals surface area (Å²) in [5.74, 6) is 0. The number of nitrogens with zero attached hydrogens (tertiary/aromatic N) is 4. The first-order valence-electron chi connectivity index (χ1n) is 8.44. The van der Waals surface area contributed by atoms with Gasteiger partial charge in [0.05, 0.1) is 18.8 Å². The number of aromatic amines is 1. The molecule has 1 fully saturated rings. The quantitative estimate of drug-likeness (QED) is 0.114. The molecule has 33 heavy (non-hydrogen) atoms.